The molecule has 2 heteroatoms. The third kappa shape index (κ3) is 4.06. The molecule has 2 aliphatic rings. The summed E-state index contributed by atoms with van der Waals surface area (Å²) in [6, 6.07) is 1.65. The highest BCUT2D eigenvalue weighted by molar-refractivity contribution is 4.86. The van der Waals surface area contributed by atoms with Crippen LogP contribution >= 0.6 is 0 Å². The fourth-order valence-electron chi connectivity index (χ4n) is 2.51. The molecule has 0 radical (unpaired) electrons. The molecule has 94 valence electrons. The molecule has 0 bridgehead atoms. The van der Waals surface area contributed by atoms with Crippen LogP contribution in [-0.4, -0.2) is 36.6 Å². The van der Waals surface area contributed by atoms with Gasteiger partial charge in [-0.05, 0) is 44.6 Å². The first-order valence-electron chi connectivity index (χ1n) is 7.30. The Labute approximate surface area is 101 Å². The Kier molecular flexibility index (Phi) is 4.66. The molecule has 2 aliphatic carbocycles. The van der Waals surface area contributed by atoms with Crippen LogP contribution in [0.5, 0.6) is 0 Å². The van der Waals surface area contributed by atoms with Crippen LogP contribution in [0.2, 0.25) is 0 Å². The van der Waals surface area contributed by atoms with Crippen LogP contribution in [0.15, 0.2) is 0 Å². The first-order valence-corrected chi connectivity index (χ1v) is 7.30. The van der Waals surface area contributed by atoms with Crippen molar-refractivity contribution in [3.8, 4) is 0 Å². The van der Waals surface area contributed by atoms with Crippen molar-refractivity contribution in [1.29, 1.82) is 0 Å². The topological polar surface area (TPSA) is 15.3 Å². The zero-order valence-electron chi connectivity index (χ0n) is 11.0. The Morgan fingerprint density at radius 1 is 1.19 bits per heavy atom. The van der Waals surface area contributed by atoms with Crippen molar-refractivity contribution in [2.75, 3.05) is 19.6 Å². The van der Waals surface area contributed by atoms with Gasteiger partial charge in [0.15, 0.2) is 0 Å². The molecule has 1 N–H and O–H groups in total. The lowest BCUT2D eigenvalue weighted by molar-refractivity contribution is 0.182. The fraction of sp³-hybridized carbons (Fsp3) is 1.00. The minimum absolute atomic E-state index is 0.788. The van der Waals surface area contributed by atoms with E-state index in [1.165, 1.54) is 58.2 Å². The number of hydrogen-bond acceptors (Lipinski definition) is 2. The van der Waals surface area contributed by atoms with E-state index in [-0.39, 0.29) is 0 Å². The molecule has 2 nitrogen and oxygen atoms in total. The molecule has 2 saturated carbocycles. The smallest absolute Gasteiger partial charge is 0.0220 e. The van der Waals surface area contributed by atoms with Crippen molar-refractivity contribution in [1.82, 2.24) is 10.2 Å². The molecule has 0 spiro atoms. The van der Waals surface area contributed by atoms with Crippen molar-refractivity contribution in [2.24, 2.45) is 5.92 Å². The molecular weight excluding hydrogens is 196 g/mol. The summed E-state index contributed by atoms with van der Waals surface area (Å²) < 4.78 is 0. The monoisotopic (exact) mass is 224 g/mol. The minimum atomic E-state index is 0.788. The van der Waals surface area contributed by atoms with E-state index in [4.69, 9.17) is 0 Å². The molecule has 16 heavy (non-hydrogen) atoms. The molecule has 0 saturated heterocycles. The lowest BCUT2D eigenvalue weighted by Gasteiger charge is -2.31. The average molecular weight is 224 g/mol. The summed E-state index contributed by atoms with van der Waals surface area (Å²) in [5.41, 5.74) is 0. The van der Waals surface area contributed by atoms with Crippen LogP contribution in [0.4, 0.5) is 0 Å². The number of rotatable bonds is 9. The van der Waals surface area contributed by atoms with Gasteiger partial charge in [0.05, 0.1) is 0 Å². The van der Waals surface area contributed by atoms with Gasteiger partial charge in [0.25, 0.3) is 0 Å². The van der Waals surface area contributed by atoms with Gasteiger partial charge < -0.3 is 5.32 Å². The third-order valence-electron chi connectivity index (χ3n) is 3.95. The molecule has 0 amide bonds. The molecule has 1 unspecified atom stereocenters. The molecule has 0 aliphatic heterocycles. The van der Waals surface area contributed by atoms with E-state index in [2.05, 4.69) is 24.1 Å². The van der Waals surface area contributed by atoms with E-state index in [9.17, 15) is 0 Å². The second-order valence-corrected chi connectivity index (χ2v) is 5.66. The highest BCUT2D eigenvalue weighted by Gasteiger charge is 2.28. The second kappa shape index (κ2) is 6.02. The summed E-state index contributed by atoms with van der Waals surface area (Å²) in [5, 5.41) is 3.71. The maximum atomic E-state index is 3.71. The molecule has 0 heterocycles. The molecule has 1 atom stereocenters. The van der Waals surface area contributed by atoms with Gasteiger partial charge in [-0.2, -0.15) is 0 Å². The largest absolute Gasteiger partial charge is 0.312 e. The molecular formula is C14H28N2. The zero-order valence-corrected chi connectivity index (χ0v) is 11.0. The Morgan fingerprint density at radius 3 is 2.44 bits per heavy atom. The van der Waals surface area contributed by atoms with Crippen molar-refractivity contribution in [2.45, 2.75) is 64.5 Å². The van der Waals surface area contributed by atoms with Crippen LogP contribution in [0, 0.1) is 5.92 Å². The average Bonchev–Trinajstić information content (AvgIpc) is 3.15. The predicted octanol–water partition coefficient (Wildman–Crippen LogP) is 2.64. The van der Waals surface area contributed by atoms with Gasteiger partial charge in [0, 0.05) is 25.2 Å². The van der Waals surface area contributed by atoms with Crippen LogP contribution in [0.3, 0.4) is 0 Å². The molecule has 0 aromatic carbocycles. The summed E-state index contributed by atoms with van der Waals surface area (Å²) in [6.07, 6.45) is 8.45. The third-order valence-corrected chi connectivity index (χ3v) is 3.95. The molecule has 0 aromatic heterocycles. The van der Waals surface area contributed by atoms with E-state index in [1.807, 2.05) is 0 Å². The number of nitrogens with zero attached hydrogens (tertiary/aromatic N) is 1. The molecule has 2 fully saturated rings. The van der Waals surface area contributed by atoms with Gasteiger partial charge in [-0.1, -0.05) is 20.3 Å². The zero-order chi connectivity index (χ0) is 11.4. The van der Waals surface area contributed by atoms with Crippen LogP contribution in [0.1, 0.15) is 52.4 Å². The summed E-state index contributed by atoms with van der Waals surface area (Å²) >= 11 is 0. The van der Waals surface area contributed by atoms with E-state index in [1.54, 1.807) is 0 Å². The Morgan fingerprint density at radius 2 is 1.94 bits per heavy atom. The van der Waals surface area contributed by atoms with Gasteiger partial charge >= 0.3 is 0 Å². The van der Waals surface area contributed by atoms with Gasteiger partial charge in [0.2, 0.25) is 0 Å². The van der Waals surface area contributed by atoms with Gasteiger partial charge in [-0.3, -0.25) is 4.90 Å². The summed E-state index contributed by atoms with van der Waals surface area (Å²) in [5.74, 6) is 1.03. The standard InChI is InChI=1S/C14H28N2/c1-3-5-14(10-15-13-8-9-13)16(4-2)11-12-6-7-12/h12-15H,3-11H2,1-2H3. The van der Waals surface area contributed by atoms with Crippen LogP contribution in [0.25, 0.3) is 0 Å². The van der Waals surface area contributed by atoms with Crippen molar-refractivity contribution in [3.63, 3.8) is 0 Å². The second-order valence-electron chi connectivity index (χ2n) is 5.66. The first-order chi connectivity index (χ1) is 7.83. The number of nitrogens with one attached hydrogen (secondary N) is 1. The van der Waals surface area contributed by atoms with Gasteiger partial charge in [-0.25, -0.2) is 0 Å². The maximum Gasteiger partial charge on any atom is 0.0220 e. The van der Waals surface area contributed by atoms with Gasteiger partial charge in [-0.15, -0.1) is 0 Å². The van der Waals surface area contributed by atoms with E-state index in [0.29, 0.717) is 0 Å². The van der Waals surface area contributed by atoms with Crippen molar-refractivity contribution in [3.05, 3.63) is 0 Å². The van der Waals surface area contributed by atoms with Crippen LogP contribution < -0.4 is 5.32 Å². The summed E-state index contributed by atoms with van der Waals surface area (Å²) in [6.45, 7) is 8.44. The number of likely N-dealkylation sites (N-methyl/N-ethyl adjacent to an activating group) is 1. The minimum Gasteiger partial charge on any atom is -0.312 e. The highest BCUT2D eigenvalue weighted by atomic mass is 15.2. The first kappa shape index (κ1) is 12.4. The normalized spacial score (nSPS) is 22.7. The summed E-state index contributed by atoms with van der Waals surface area (Å²) in [4.78, 5) is 2.72. The van der Waals surface area contributed by atoms with Crippen LogP contribution in [-0.2, 0) is 0 Å². The SMILES string of the molecule is CCCC(CNC1CC1)N(CC)CC1CC1. The lowest BCUT2D eigenvalue weighted by atomic mass is 10.1. The highest BCUT2D eigenvalue weighted by Crippen LogP contribution is 2.30. The number of hydrogen-bond donors (Lipinski definition) is 1. The van der Waals surface area contributed by atoms with E-state index >= 15 is 0 Å². The van der Waals surface area contributed by atoms with Crippen molar-refractivity contribution >= 4 is 0 Å². The molecule has 2 rings (SSSR count). The van der Waals surface area contributed by atoms with E-state index in [0.717, 1.165) is 18.0 Å². The molecule has 0 aromatic rings. The Hall–Kier alpha value is -0.0800. The lowest BCUT2D eigenvalue weighted by Crippen LogP contribution is -2.43. The van der Waals surface area contributed by atoms with E-state index < -0.39 is 0 Å². The quantitative estimate of drug-likeness (QED) is 0.648. The van der Waals surface area contributed by atoms with Crippen molar-refractivity contribution < 1.29 is 0 Å². The Bertz CT molecular complexity index is 197. The Balaban J connectivity index is 1.75. The summed E-state index contributed by atoms with van der Waals surface area (Å²) in [7, 11) is 0. The van der Waals surface area contributed by atoms with Gasteiger partial charge in [0.1, 0.15) is 0 Å². The predicted molar refractivity (Wildman–Crippen MR) is 69.7 cm³/mol. The fourth-order valence-corrected chi connectivity index (χ4v) is 2.51. The maximum absolute atomic E-state index is 3.71.